The Hall–Kier alpha value is -1.14. The Morgan fingerprint density at radius 3 is 2.26 bits per heavy atom. The predicted molar refractivity (Wildman–Crippen MR) is 87.0 cm³/mol. The van der Waals surface area contributed by atoms with Gasteiger partial charge in [-0.1, -0.05) is 0 Å². The number of hydrogen-bond donors (Lipinski definition) is 0. The molecule has 0 N–H and O–H groups in total. The summed E-state index contributed by atoms with van der Waals surface area (Å²) in [6.45, 7) is 6.65. The number of amides is 2. The van der Waals surface area contributed by atoms with Crippen LogP contribution in [-0.2, 0) is 14.3 Å². The van der Waals surface area contributed by atoms with Crippen molar-refractivity contribution in [1.29, 1.82) is 0 Å². The monoisotopic (exact) mass is 323 g/mol. The molecule has 0 saturated carbocycles. The van der Waals surface area contributed by atoms with Gasteiger partial charge in [0.25, 0.3) is 5.91 Å². The first-order valence-corrected chi connectivity index (χ1v) is 9.14. The molecule has 3 saturated heterocycles. The minimum atomic E-state index is -0.206. The number of ether oxygens (including phenoxy) is 1. The van der Waals surface area contributed by atoms with Gasteiger partial charge in [0.1, 0.15) is 6.10 Å². The van der Waals surface area contributed by atoms with Gasteiger partial charge in [-0.2, -0.15) is 0 Å². The van der Waals surface area contributed by atoms with Crippen LogP contribution in [0.5, 0.6) is 0 Å². The van der Waals surface area contributed by atoms with Gasteiger partial charge in [0, 0.05) is 58.8 Å². The molecular formula is C17H29N3O3. The summed E-state index contributed by atoms with van der Waals surface area (Å²) < 4.78 is 5.49. The van der Waals surface area contributed by atoms with Gasteiger partial charge >= 0.3 is 0 Å². The summed E-state index contributed by atoms with van der Waals surface area (Å²) in [5, 5.41) is 0. The smallest absolute Gasteiger partial charge is 0.251 e. The molecule has 3 fully saturated rings. The highest BCUT2D eigenvalue weighted by molar-refractivity contribution is 5.81. The first kappa shape index (κ1) is 16.7. The number of likely N-dealkylation sites (tertiary alicyclic amines) is 1. The molecule has 1 atom stereocenters. The van der Waals surface area contributed by atoms with Crippen LogP contribution in [0.4, 0.5) is 0 Å². The van der Waals surface area contributed by atoms with Gasteiger partial charge in [-0.15, -0.1) is 0 Å². The van der Waals surface area contributed by atoms with E-state index in [1.54, 1.807) is 0 Å². The van der Waals surface area contributed by atoms with E-state index in [2.05, 4.69) is 4.90 Å². The average molecular weight is 323 g/mol. The number of carbonyl (C=O) groups excluding carboxylic acids is 2. The van der Waals surface area contributed by atoms with Crippen molar-refractivity contribution in [3.05, 3.63) is 0 Å². The van der Waals surface area contributed by atoms with Crippen molar-refractivity contribution in [2.45, 2.75) is 44.6 Å². The van der Waals surface area contributed by atoms with Crippen LogP contribution in [-0.4, -0.2) is 85.0 Å². The lowest BCUT2D eigenvalue weighted by atomic mass is 10.1. The fraction of sp³-hybridized carbons (Fsp3) is 0.882. The maximum Gasteiger partial charge on any atom is 0.251 e. The normalized spacial score (nSPS) is 26.5. The van der Waals surface area contributed by atoms with E-state index in [1.165, 1.54) is 6.42 Å². The Labute approximate surface area is 138 Å². The van der Waals surface area contributed by atoms with Crippen LogP contribution >= 0.6 is 0 Å². The third-order valence-corrected chi connectivity index (χ3v) is 5.24. The van der Waals surface area contributed by atoms with E-state index in [0.29, 0.717) is 12.3 Å². The van der Waals surface area contributed by atoms with Gasteiger partial charge in [0.05, 0.1) is 0 Å². The highest BCUT2D eigenvalue weighted by Crippen LogP contribution is 2.16. The molecule has 0 spiro atoms. The number of piperidine rings is 1. The zero-order valence-electron chi connectivity index (χ0n) is 14.0. The Morgan fingerprint density at radius 1 is 0.870 bits per heavy atom. The third kappa shape index (κ3) is 4.44. The van der Waals surface area contributed by atoms with Gasteiger partial charge in [-0.3, -0.25) is 14.5 Å². The number of carbonyl (C=O) groups is 2. The quantitative estimate of drug-likeness (QED) is 0.765. The minimum Gasteiger partial charge on any atom is -0.368 e. The summed E-state index contributed by atoms with van der Waals surface area (Å²) >= 11 is 0. The van der Waals surface area contributed by atoms with Crippen molar-refractivity contribution in [2.24, 2.45) is 0 Å². The summed E-state index contributed by atoms with van der Waals surface area (Å²) in [6.07, 6.45) is 5.82. The van der Waals surface area contributed by atoms with E-state index in [1.807, 2.05) is 9.80 Å². The van der Waals surface area contributed by atoms with Crippen LogP contribution in [0, 0.1) is 0 Å². The maximum absolute atomic E-state index is 12.3. The lowest BCUT2D eigenvalue weighted by Gasteiger charge is -2.36. The molecule has 6 nitrogen and oxygen atoms in total. The van der Waals surface area contributed by atoms with Crippen LogP contribution in [0.3, 0.4) is 0 Å². The Balaban J connectivity index is 1.35. The van der Waals surface area contributed by atoms with Crippen molar-refractivity contribution in [3.63, 3.8) is 0 Å². The molecule has 3 heterocycles. The van der Waals surface area contributed by atoms with Gasteiger partial charge in [0.15, 0.2) is 0 Å². The molecule has 0 aromatic rings. The standard InChI is InChI=1S/C17H29N3O3/c21-16(19-7-2-1-3-8-19)6-9-18-10-12-20(13-11-18)17(22)15-5-4-14-23-15/h15H,1-14H2/t15-/m0/s1. The zero-order chi connectivity index (χ0) is 16.1. The van der Waals surface area contributed by atoms with E-state index < -0.39 is 0 Å². The molecule has 130 valence electrons. The number of piperazine rings is 1. The number of nitrogens with zero attached hydrogens (tertiary/aromatic N) is 3. The van der Waals surface area contributed by atoms with Crippen LogP contribution in [0.25, 0.3) is 0 Å². The van der Waals surface area contributed by atoms with Crippen LogP contribution in [0.2, 0.25) is 0 Å². The summed E-state index contributed by atoms with van der Waals surface area (Å²) in [7, 11) is 0. The Morgan fingerprint density at radius 2 is 1.61 bits per heavy atom. The third-order valence-electron chi connectivity index (χ3n) is 5.24. The molecule has 0 radical (unpaired) electrons. The van der Waals surface area contributed by atoms with Crippen molar-refractivity contribution < 1.29 is 14.3 Å². The lowest BCUT2D eigenvalue weighted by molar-refractivity contribution is -0.143. The van der Waals surface area contributed by atoms with Gasteiger partial charge in [-0.25, -0.2) is 0 Å². The maximum atomic E-state index is 12.3. The SMILES string of the molecule is O=C(CCN1CCN(C(=O)[C@@H]2CCCO2)CC1)N1CCCCC1. The van der Waals surface area contributed by atoms with Crippen LogP contribution in [0.1, 0.15) is 38.5 Å². The molecule has 0 aliphatic carbocycles. The molecule has 0 unspecified atom stereocenters. The second-order valence-corrected chi connectivity index (χ2v) is 6.86. The highest BCUT2D eigenvalue weighted by Gasteiger charge is 2.30. The number of rotatable bonds is 4. The predicted octanol–water partition coefficient (Wildman–Crippen LogP) is 0.712. The topological polar surface area (TPSA) is 53.1 Å². The van der Waals surface area contributed by atoms with Crippen LogP contribution in [0.15, 0.2) is 0 Å². The fourth-order valence-corrected chi connectivity index (χ4v) is 3.72. The van der Waals surface area contributed by atoms with Crippen molar-refractivity contribution in [3.8, 4) is 0 Å². The van der Waals surface area contributed by atoms with Crippen molar-refractivity contribution in [2.75, 3.05) is 52.4 Å². The summed E-state index contributed by atoms with van der Waals surface area (Å²) in [4.78, 5) is 30.8. The van der Waals surface area contributed by atoms with E-state index in [-0.39, 0.29) is 12.0 Å². The van der Waals surface area contributed by atoms with E-state index in [4.69, 9.17) is 4.74 Å². The van der Waals surface area contributed by atoms with Gasteiger partial charge in [0.2, 0.25) is 5.91 Å². The summed E-state index contributed by atoms with van der Waals surface area (Å²) in [5.74, 6) is 0.453. The molecule has 0 aromatic carbocycles. The zero-order valence-corrected chi connectivity index (χ0v) is 14.0. The van der Waals surface area contributed by atoms with E-state index >= 15 is 0 Å². The summed E-state index contributed by atoms with van der Waals surface area (Å²) in [6, 6.07) is 0. The molecule has 23 heavy (non-hydrogen) atoms. The Bertz CT molecular complexity index is 409. The van der Waals surface area contributed by atoms with Crippen molar-refractivity contribution in [1.82, 2.24) is 14.7 Å². The molecule has 0 bridgehead atoms. The molecule has 3 aliphatic heterocycles. The molecule has 6 heteroatoms. The molecule has 3 rings (SSSR count). The molecule has 0 aromatic heterocycles. The first-order valence-electron chi connectivity index (χ1n) is 9.14. The lowest BCUT2D eigenvalue weighted by Crippen LogP contribution is -2.51. The molecular weight excluding hydrogens is 294 g/mol. The second-order valence-electron chi connectivity index (χ2n) is 6.86. The first-order chi connectivity index (χ1) is 11.2. The summed E-state index contributed by atoms with van der Waals surface area (Å²) in [5.41, 5.74) is 0. The largest absolute Gasteiger partial charge is 0.368 e. The fourth-order valence-electron chi connectivity index (χ4n) is 3.72. The van der Waals surface area contributed by atoms with Crippen LogP contribution < -0.4 is 0 Å². The van der Waals surface area contributed by atoms with Gasteiger partial charge < -0.3 is 14.5 Å². The Kier molecular flexibility index (Phi) is 5.89. The van der Waals surface area contributed by atoms with E-state index in [0.717, 1.165) is 78.1 Å². The van der Waals surface area contributed by atoms with Gasteiger partial charge in [-0.05, 0) is 32.1 Å². The molecule has 2 amide bonds. The highest BCUT2D eigenvalue weighted by atomic mass is 16.5. The van der Waals surface area contributed by atoms with E-state index in [9.17, 15) is 9.59 Å². The minimum absolute atomic E-state index is 0.159. The molecule has 3 aliphatic rings. The number of hydrogen-bond acceptors (Lipinski definition) is 4. The second kappa shape index (κ2) is 8.11. The van der Waals surface area contributed by atoms with Crippen molar-refractivity contribution >= 4 is 11.8 Å². The average Bonchev–Trinajstić information content (AvgIpc) is 3.15.